The molecule has 0 saturated carbocycles. The van der Waals surface area contributed by atoms with E-state index in [-0.39, 0.29) is 18.3 Å². The van der Waals surface area contributed by atoms with E-state index in [9.17, 15) is 9.90 Å². The normalized spacial score (nSPS) is 20.7. The fraction of sp³-hybridized carbons (Fsp3) is 0.389. The predicted octanol–water partition coefficient (Wildman–Crippen LogP) is 5.10. The largest absolute Gasteiger partial charge is 0.391 e. The van der Waals surface area contributed by atoms with Gasteiger partial charge >= 0.3 is 5.69 Å². The summed E-state index contributed by atoms with van der Waals surface area (Å²) in [6.45, 7) is 7.70. The fourth-order valence-corrected chi connectivity index (χ4v) is 7.10. The van der Waals surface area contributed by atoms with Crippen molar-refractivity contribution in [2.75, 3.05) is 42.6 Å². The molecule has 12 nitrogen and oxygen atoms in total. The van der Waals surface area contributed by atoms with Gasteiger partial charge in [0, 0.05) is 48.1 Å². The molecule has 50 heavy (non-hydrogen) atoms. The number of rotatable bonds is 11. The van der Waals surface area contributed by atoms with Crippen LogP contribution >= 0.6 is 23.2 Å². The Morgan fingerprint density at radius 3 is 2.12 bits per heavy atom. The molecular weight excluding hydrogens is 679 g/mol. The molecule has 0 spiro atoms. The lowest BCUT2D eigenvalue weighted by Crippen LogP contribution is -2.46. The monoisotopic (exact) mass is 718 g/mol. The van der Waals surface area contributed by atoms with Crippen molar-refractivity contribution in [3.8, 4) is 5.69 Å². The Kier molecular flexibility index (Phi) is 9.98. The lowest BCUT2D eigenvalue weighted by Gasteiger charge is -2.37. The van der Waals surface area contributed by atoms with Crippen molar-refractivity contribution in [2.45, 2.75) is 57.3 Å². The van der Waals surface area contributed by atoms with Gasteiger partial charge in [-0.05, 0) is 80.8 Å². The minimum atomic E-state index is -1.11. The number of hydrogen-bond donors (Lipinski definition) is 1. The molecule has 0 amide bonds. The Morgan fingerprint density at radius 2 is 1.50 bits per heavy atom. The highest BCUT2D eigenvalue weighted by Gasteiger charge is 2.45. The number of aliphatic hydroxyl groups excluding tert-OH is 1. The molecule has 4 atom stereocenters. The number of piperazine rings is 1. The van der Waals surface area contributed by atoms with Crippen LogP contribution in [0.3, 0.4) is 0 Å². The maximum Gasteiger partial charge on any atom is 0.350 e. The van der Waals surface area contributed by atoms with E-state index < -0.39 is 17.9 Å². The lowest BCUT2D eigenvalue weighted by atomic mass is 10.0. The maximum absolute atomic E-state index is 12.8. The van der Waals surface area contributed by atoms with Crippen molar-refractivity contribution in [3.63, 3.8) is 0 Å². The molecule has 262 valence electrons. The molecule has 2 fully saturated rings. The van der Waals surface area contributed by atoms with E-state index in [0.29, 0.717) is 22.2 Å². The quantitative estimate of drug-likeness (QED) is 0.199. The molecule has 14 heteroatoms. The number of hydrogen-bond acceptors (Lipinski definition) is 9. The minimum Gasteiger partial charge on any atom is -0.391 e. The van der Waals surface area contributed by atoms with Crippen LogP contribution in [0.25, 0.3) is 5.69 Å². The number of nitrogens with zero attached hydrogens (tertiary/aromatic N) is 8. The number of anilines is 2. The molecule has 4 heterocycles. The van der Waals surface area contributed by atoms with Crippen molar-refractivity contribution >= 4 is 34.6 Å². The first-order valence-corrected chi connectivity index (χ1v) is 17.6. The van der Waals surface area contributed by atoms with E-state index in [1.165, 1.54) is 26.8 Å². The molecule has 0 radical (unpaired) electrons. The highest BCUT2D eigenvalue weighted by atomic mass is 35.5. The summed E-state index contributed by atoms with van der Waals surface area (Å²) in [5.74, 6) is -1.11. The molecule has 1 N–H and O–H groups in total. The molecule has 2 aliphatic heterocycles. The Labute approximate surface area is 300 Å². The van der Waals surface area contributed by atoms with E-state index in [2.05, 4.69) is 49.4 Å². The Morgan fingerprint density at radius 1 is 0.880 bits per heavy atom. The molecule has 2 saturated heterocycles. The summed E-state index contributed by atoms with van der Waals surface area (Å²) < 4.78 is 15.7. The third-order valence-corrected chi connectivity index (χ3v) is 10.2. The van der Waals surface area contributed by atoms with E-state index >= 15 is 0 Å². The van der Waals surface area contributed by atoms with E-state index in [4.69, 9.17) is 32.7 Å². The number of aromatic nitrogens is 6. The highest BCUT2D eigenvalue weighted by Crippen LogP contribution is 2.41. The molecule has 2 unspecified atom stereocenters. The van der Waals surface area contributed by atoms with Gasteiger partial charge in [-0.2, -0.15) is 20.1 Å². The van der Waals surface area contributed by atoms with Gasteiger partial charge in [-0.25, -0.2) is 14.0 Å². The van der Waals surface area contributed by atoms with Crippen LogP contribution in [0.15, 0.2) is 90.2 Å². The van der Waals surface area contributed by atoms with Crippen LogP contribution in [0.4, 0.5) is 11.4 Å². The smallest absolute Gasteiger partial charge is 0.350 e. The van der Waals surface area contributed by atoms with Crippen LogP contribution in [0.5, 0.6) is 0 Å². The molecule has 7 rings (SSSR count). The van der Waals surface area contributed by atoms with Crippen LogP contribution in [0.1, 0.15) is 37.4 Å². The zero-order valence-corrected chi connectivity index (χ0v) is 29.5. The van der Waals surface area contributed by atoms with Crippen molar-refractivity contribution in [1.29, 1.82) is 0 Å². The standard InChI is InChI=1S/C36H40Cl2N8O4/c1-25(26(2)47)46-35(48)44(24-41-46)31-11-9-30(10-12-31)43-19-17-42(18-20-43)29-7-3-27(4-8-29)5-13-32-22-49-36(50-32,23-45-39-15-16-40-45)33-14-6-28(37)21-34(33)38/h3-4,6-12,14-16,21,24-26,32,47H,5,13,17-20,22-23H2,1-2H3/t25?,26?,32-,36-/m1/s1. The van der Waals surface area contributed by atoms with Crippen molar-refractivity contribution in [2.24, 2.45) is 0 Å². The molecule has 0 bridgehead atoms. The fourth-order valence-electron chi connectivity index (χ4n) is 6.55. The third kappa shape index (κ3) is 7.17. The second kappa shape index (κ2) is 14.6. The first-order chi connectivity index (χ1) is 24.2. The lowest BCUT2D eigenvalue weighted by molar-refractivity contribution is -0.190. The number of halogens is 2. The number of aliphatic hydroxyl groups is 1. The molecule has 3 aromatic carbocycles. The summed E-state index contributed by atoms with van der Waals surface area (Å²) in [6, 6.07) is 21.7. The summed E-state index contributed by atoms with van der Waals surface area (Å²) in [5, 5.41) is 23.6. The first-order valence-electron chi connectivity index (χ1n) is 16.8. The molecule has 2 aliphatic rings. The van der Waals surface area contributed by atoms with Gasteiger partial charge in [0.15, 0.2) is 0 Å². The van der Waals surface area contributed by atoms with Crippen molar-refractivity contribution in [3.05, 3.63) is 117 Å². The zero-order chi connectivity index (χ0) is 34.8. The Balaban J connectivity index is 0.924. The van der Waals surface area contributed by atoms with Gasteiger partial charge in [-0.15, -0.1) is 0 Å². The summed E-state index contributed by atoms with van der Waals surface area (Å²) in [4.78, 5) is 19.2. The molecular formula is C36H40Cl2N8O4. The van der Waals surface area contributed by atoms with Crippen LogP contribution in [0, 0.1) is 0 Å². The van der Waals surface area contributed by atoms with Crippen molar-refractivity contribution in [1.82, 2.24) is 29.3 Å². The number of aryl methyl sites for hydroxylation is 1. The number of ether oxygens (including phenoxy) is 2. The summed E-state index contributed by atoms with van der Waals surface area (Å²) in [7, 11) is 0. The molecule has 5 aromatic rings. The summed E-state index contributed by atoms with van der Waals surface area (Å²) >= 11 is 12.8. The van der Waals surface area contributed by atoms with Gasteiger partial charge in [0.05, 0.1) is 48.0 Å². The van der Waals surface area contributed by atoms with Gasteiger partial charge in [0.25, 0.3) is 0 Å². The first kappa shape index (κ1) is 34.3. The Bertz CT molecular complexity index is 1940. The average molecular weight is 720 g/mol. The SMILES string of the molecule is CC(O)C(C)n1ncn(-c2ccc(N3CCN(c4ccc(CC[C@@H]5CO[C@@](Cn6nccn6)(c6ccc(Cl)cc6Cl)O5)cc4)CC3)cc2)c1=O. The molecule has 0 aliphatic carbocycles. The second-order valence-electron chi connectivity index (χ2n) is 12.9. The predicted molar refractivity (Wildman–Crippen MR) is 192 cm³/mol. The van der Waals surface area contributed by atoms with Gasteiger partial charge in [0.1, 0.15) is 12.9 Å². The second-order valence-corrected chi connectivity index (χ2v) is 13.7. The Hall–Kier alpha value is -4.20. The van der Waals surface area contributed by atoms with Crippen LogP contribution in [0.2, 0.25) is 10.0 Å². The van der Waals surface area contributed by atoms with E-state index in [0.717, 1.165) is 50.4 Å². The van der Waals surface area contributed by atoms with Crippen LogP contribution in [-0.2, 0) is 28.2 Å². The highest BCUT2D eigenvalue weighted by molar-refractivity contribution is 6.35. The molecule has 2 aromatic heterocycles. The van der Waals surface area contributed by atoms with E-state index in [1.807, 2.05) is 30.3 Å². The zero-order valence-electron chi connectivity index (χ0n) is 28.0. The summed E-state index contributed by atoms with van der Waals surface area (Å²) in [6.07, 6.45) is 5.57. The van der Waals surface area contributed by atoms with Gasteiger partial charge in [0.2, 0.25) is 5.79 Å². The average Bonchev–Trinajstić information content (AvgIpc) is 3.88. The van der Waals surface area contributed by atoms with E-state index in [1.54, 1.807) is 43.2 Å². The van der Waals surface area contributed by atoms with Gasteiger partial charge < -0.3 is 24.4 Å². The minimum absolute atomic E-state index is 0.128. The van der Waals surface area contributed by atoms with Gasteiger partial charge in [-0.1, -0.05) is 41.4 Å². The van der Waals surface area contributed by atoms with Gasteiger partial charge in [-0.3, -0.25) is 0 Å². The van der Waals surface area contributed by atoms with Crippen LogP contribution < -0.4 is 15.5 Å². The summed E-state index contributed by atoms with van der Waals surface area (Å²) in [5.41, 5.74) is 4.72. The third-order valence-electron chi connectivity index (χ3n) is 9.62. The maximum atomic E-state index is 12.8. The number of benzene rings is 3. The van der Waals surface area contributed by atoms with Crippen molar-refractivity contribution < 1.29 is 14.6 Å². The van der Waals surface area contributed by atoms with Crippen LogP contribution in [-0.4, -0.2) is 79.4 Å². The topological polar surface area (TPSA) is 116 Å².